The van der Waals surface area contributed by atoms with E-state index in [2.05, 4.69) is 5.32 Å². The van der Waals surface area contributed by atoms with Gasteiger partial charge in [-0.3, -0.25) is 10.2 Å². The zero-order valence-corrected chi connectivity index (χ0v) is 16.1. The van der Waals surface area contributed by atoms with Crippen molar-refractivity contribution in [2.75, 3.05) is 0 Å². The van der Waals surface area contributed by atoms with E-state index in [9.17, 15) is 4.79 Å². The zero-order chi connectivity index (χ0) is 20.6. The first-order valence-electron chi connectivity index (χ1n) is 9.21. The molecule has 0 aromatic heterocycles. The van der Waals surface area contributed by atoms with Gasteiger partial charge in [0, 0.05) is 11.6 Å². The zero-order valence-electron chi connectivity index (χ0n) is 16.1. The minimum absolute atomic E-state index is 0.0901. The van der Waals surface area contributed by atoms with Crippen molar-refractivity contribution in [3.8, 4) is 17.2 Å². The van der Waals surface area contributed by atoms with Crippen LogP contribution in [-0.2, 0) is 6.61 Å². The number of carbonyl (C=O) groups excluding carboxylic acids is 1. The highest BCUT2D eigenvalue weighted by Crippen LogP contribution is 2.26. The second kappa shape index (κ2) is 9.41. The SMILES string of the molecule is CC(NC(=O)c1ccc(Oc2cccc(OCc3ccccc3)c2)cc1)C(=N)N. The summed E-state index contributed by atoms with van der Waals surface area (Å²) in [4.78, 5) is 12.1. The van der Waals surface area contributed by atoms with Crippen LogP contribution in [-0.4, -0.2) is 17.8 Å². The van der Waals surface area contributed by atoms with Crippen LogP contribution in [0.5, 0.6) is 17.2 Å². The van der Waals surface area contributed by atoms with Crippen molar-refractivity contribution in [1.82, 2.24) is 5.32 Å². The molecule has 29 heavy (non-hydrogen) atoms. The molecule has 0 radical (unpaired) electrons. The Morgan fingerprint density at radius 1 is 0.966 bits per heavy atom. The van der Waals surface area contributed by atoms with E-state index >= 15 is 0 Å². The molecule has 0 spiro atoms. The van der Waals surface area contributed by atoms with Gasteiger partial charge in [-0.1, -0.05) is 36.4 Å². The lowest BCUT2D eigenvalue weighted by Gasteiger charge is -2.12. The number of amides is 1. The Morgan fingerprint density at radius 2 is 1.66 bits per heavy atom. The highest BCUT2D eigenvalue weighted by molar-refractivity contribution is 5.97. The highest BCUT2D eigenvalue weighted by atomic mass is 16.5. The van der Waals surface area contributed by atoms with Crippen molar-refractivity contribution in [3.05, 3.63) is 90.0 Å². The summed E-state index contributed by atoms with van der Waals surface area (Å²) in [6, 6.07) is 23.6. The van der Waals surface area contributed by atoms with Crippen molar-refractivity contribution in [2.24, 2.45) is 5.73 Å². The number of hydrogen-bond acceptors (Lipinski definition) is 4. The van der Waals surface area contributed by atoms with Crippen LogP contribution in [0.15, 0.2) is 78.9 Å². The number of benzene rings is 3. The molecule has 0 aliphatic carbocycles. The van der Waals surface area contributed by atoms with Crippen molar-refractivity contribution in [1.29, 1.82) is 5.41 Å². The minimum atomic E-state index is -0.517. The fraction of sp³-hybridized carbons (Fsp3) is 0.130. The second-order valence-corrected chi connectivity index (χ2v) is 6.53. The topological polar surface area (TPSA) is 97.4 Å². The number of amidine groups is 1. The number of rotatable bonds is 8. The maximum atomic E-state index is 12.1. The highest BCUT2D eigenvalue weighted by Gasteiger charge is 2.11. The molecular formula is C23H23N3O3. The minimum Gasteiger partial charge on any atom is -0.489 e. The van der Waals surface area contributed by atoms with Crippen molar-refractivity contribution in [2.45, 2.75) is 19.6 Å². The van der Waals surface area contributed by atoms with E-state index in [0.717, 1.165) is 5.56 Å². The molecule has 1 unspecified atom stereocenters. The van der Waals surface area contributed by atoms with E-state index in [-0.39, 0.29) is 11.7 Å². The molecule has 1 amide bonds. The van der Waals surface area contributed by atoms with Gasteiger partial charge in [-0.2, -0.15) is 0 Å². The first-order valence-corrected chi connectivity index (χ1v) is 9.21. The molecule has 0 aliphatic heterocycles. The third-order valence-corrected chi connectivity index (χ3v) is 4.22. The number of hydrogen-bond donors (Lipinski definition) is 3. The molecule has 0 aliphatic rings. The van der Waals surface area contributed by atoms with Crippen LogP contribution in [0.3, 0.4) is 0 Å². The van der Waals surface area contributed by atoms with Crippen molar-refractivity contribution >= 4 is 11.7 Å². The Hall–Kier alpha value is -3.80. The van der Waals surface area contributed by atoms with Crippen LogP contribution in [0.25, 0.3) is 0 Å². The van der Waals surface area contributed by atoms with Gasteiger partial charge in [0.05, 0.1) is 6.04 Å². The van der Waals surface area contributed by atoms with E-state index in [1.54, 1.807) is 31.2 Å². The average Bonchev–Trinajstić information content (AvgIpc) is 2.73. The summed E-state index contributed by atoms with van der Waals surface area (Å²) in [5.74, 6) is 1.56. The second-order valence-electron chi connectivity index (χ2n) is 6.53. The maximum absolute atomic E-state index is 12.1. The molecule has 0 saturated carbocycles. The molecule has 0 bridgehead atoms. The average molecular weight is 389 g/mol. The summed E-state index contributed by atoms with van der Waals surface area (Å²) in [7, 11) is 0. The van der Waals surface area contributed by atoms with Crippen LogP contribution < -0.4 is 20.5 Å². The summed E-state index contributed by atoms with van der Waals surface area (Å²) < 4.78 is 11.7. The smallest absolute Gasteiger partial charge is 0.251 e. The molecule has 0 fully saturated rings. The van der Waals surface area contributed by atoms with Gasteiger partial charge in [-0.05, 0) is 48.9 Å². The monoisotopic (exact) mass is 389 g/mol. The molecule has 3 rings (SSSR count). The van der Waals surface area contributed by atoms with Crippen LogP contribution >= 0.6 is 0 Å². The van der Waals surface area contributed by atoms with Gasteiger partial charge in [0.25, 0.3) is 5.91 Å². The van der Waals surface area contributed by atoms with Crippen LogP contribution in [0.4, 0.5) is 0 Å². The van der Waals surface area contributed by atoms with Gasteiger partial charge < -0.3 is 20.5 Å². The summed E-state index contributed by atoms with van der Waals surface area (Å²) in [5.41, 5.74) is 6.93. The molecule has 6 nitrogen and oxygen atoms in total. The molecule has 3 aromatic carbocycles. The Kier molecular flexibility index (Phi) is 6.47. The number of nitrogens with two attached hydrogens (primary N) is 1. The van der Waals surface area contributed by atoms with Gasteiger partial charge in [0.2, 0.25) is 0 Å². The van der Waals surface area contributed by atoms with E-state index < -0.39 is 6.04 Å². The Morgan fingerprint density at radius 3 is 2.34 bits per heavy atom. The lowest BCUT2D eigenvalue weighted by molar-refractivity contribution is 0.0949. The fourth-order valence-corrected chi connectivity index (χ4v) is 2.54. The molecular weight excluding hydrogens is 366 g/mol. The third kappa shape index (κ3) is 5.84. The van der Waals surface area contributed by atoms with Crippen LogP contribution in [0.2, 0.25) is 0 Å². The summed E-state index contributed by atoms with van der Waals surface area (Å²) in [6.45, 7) is 2.14. The van der Waals surface area contributed by atoms with Gasteiger partial charge in [0.15, 0.2) is 0 Å². The number of carbonyl (C=O) groups is 1. The van der Waals surface area contributed by atoms with Gasteiger partial charge in [-0.15, -0.1) is 0 Å². The quantitative estimate of drug-likeness (QED) is 0.399. The van der Waals surface area contributed by atoms with Gasteiger partial charge in [-0.25, -0.2) is 0 Å². The molecule has 148 valence electrons. The Bertz CT molecular complexity index is 972. The first-order chi connectivity index (χ1) is 14.0. The first kappa shape index (κ1) is 19.9. The molecule has 4 N–H and O–H groups in total. The largest absolute Gasteiger partial charge is 0.489 e. The fourth-order valence-electron chi connectivity index (χ4n) is 2.54. The lowest BCUT2D eigenvalue weighted by atomic mass is 10.2. The van der Waals surface area contributed by atoms with E-state index in [1.807, 2.05) is 54.6 Å². The molecule has 1 atom stereocenters. The summed E-state index contributed by atoms with van der Waals surface area (Å²) >= 11 is 0. The van der Waals surface area contributed by atoms with E-state index in [0.29, 0.717) is 29.4 Å². The maximum Gasteiger partial charge on any atom is 0.251 e. The normalized spacial score (nSPS) is 11.3. The van der Waals surface area contributed by atoms with Crippen LogP contribution in [0, 0.1) is 5.41 Å². The van der Waals surface area contributed by atoms with Crippen molar-refractivity contribution in [3.63, 3.8) is 0 Å². The Labute approximate surface area is 169 Å². The van der Waals surface area contributed by atoms with Crippen LogP contribution in [0.1, 0.15) is 22.8 Å². The molecule has 6 heteroatoms. The van der Waals surface area contributed by atoms with Gasteiger partial charge >= 0.3 is 0 Å². The number of ether oxygens (including phenoxy) is 2. The number of nitrogens with one attached hydrogen (secondary N) is 2. The summed E-state index contributed by atoms with van der Waals surface area (Å²) in [6.07, 6.45) is 0. The van der Waals surface area contributed by atoms with E-state index in [1.165, 1.54) is 0 Å². The van der Waals surface area contributed by atoms with Crippen molar-refractivity contribution < 1.29 is 14.3 Å². The Balaban J connectivity index is 1.60. The molecule has 0 heterocycles. The summed E-state index contributed by atoms with van der Waals surface area (Å²) in [5, 5.41) is 10.00. The molecule has 0 saturated heterocycles. The lowest BCUT2D eigenvalue weighted by Crippen LogP contribution is -2.41. The predicted octanol–water partition coefficient (Wildman–Crippen LogP) is 4.11. The third-order valence-electron chi connectivity index (χ3n) is 4.22. The standard InChI is InChI=1S/C23H23N3O3/c1-16(22(24)25)26-23(27)18-10-12-19(13-11-18)29-21-9-5-8-20(14-21)28-15-17-6-3-2-4-7-17/h2-14,16H,15H2,1H3,(H3,24,25)(H,26,27). The van der Waals surface area contributed by atoms with Gasteiger partial charge in [0.1, 0.15) is 29.7 Å². The predicted molar refractivity (Wildman–Crippen MR) is 113 cm³/mol. The molecule has 3 aromatic rings. The van der Waals surface area contributed by atoms with E-state index in [4.69, 9.17) is 20.6 Å².